The first-order valence-electron chi connectivity index (χ1n) is 5.25. The van der Waals surface area contributed by atoms with Crippen LogP contribution in [0.25, 0.3) is 0 Å². The molecule has 1 N–H and O–H groups in total. The Morgan fingerprint density at radius 1 is 1.40 bits per heavy atom. The van der Waals surface area contributed by atoms with Crippen LogP contribution < -0.4 is 5.32 Å². The Hall–Kier alpha value is -1.19. The quantitative estimate of drug-likeness (QED) is 0.749. The van der Waals surface area contributed by atoms with E-state index in [9.17, 15) is 4.79 Å². The van der Waals surface area contributed by atoms with Gasteiger partial charge in [0.1, 0.15) is 0 Å². The molecular weight excluding hydrogens is 190 g/mol. The number of rotatable bonds is 4. The largest absolute Gasteiger partial charge is 0.355 e. The van der Waals surface area contributed by atoms with Crippen molar-refractivity contribution in [1.82, 2.24) is 5.32 Å². The average Bonchev–Trinajstić information content (AvgIpc) is 2.76. The first-order valence-corrected chi connectivity index (χ1v) is 5.25. The summed E-state index contributed by atoms with van der Waals surface area (Å²) in [6, 6.07) is 10.6. The van der Waals surface area contributed by atoms with Gasteiger partial charge in [0.25, 0.3) is 0 Å². The van der Waals surface area contributed by atoms with Gasteiger partial charge in [0, 0.05) is 6.04 Å². The standard InChI is InChI=1S/C12H15NO2/c14-8-12-13-11(9-15-12)7-6-10-4-2-1-3-5-10/h1-5,8,11-13H,6-7,9H2. The summed E-state index contributed by atoms with van der Waals surface area (Å²) >= 11 is 0. The van der Waals surface area contributed by atoms with Gasteiger partial charge >= 0.3 is 0 Å². The van der Waals surface area contributed by atoms with Crippen molar-refractivity contribution < 1.29 is 9.53 Å². The number of aryl methyl sites for hydroxylation is 1. The fraction of sp³-hybridized carbons (Fsp3) is 0.417. The summed E-state index contributed by atoms with van der Waals surface area (Å²) in [5.74, 6) is 0. The van der Waals surface area contributed by atoms with Gasteiger partial charge in [0.15, 0.2) is 12.5 Å². The fourth-order valence-corrected chi connectivity index (χ4v) is 1.78. The van der Waals surface area contributed by atoms with Crippen LogP contribution in [0.3, 0.4) is 0 Å². The molecule has 3 heteroatoms. The van der Waals surface area contributed by atoms with Crippen molar-refractivity contribution in [2.24, 2.45) is 0 Å². The number of hydrogen-bond acceptors (Lipinski definition) is 3. The van der Waals surface area contributed by atoms with Gasteiger partial charge < -0.3 is 4.74 Å². The van der Waals surface area contributed by atoms with Gasteiger partial charge in [-0.3, -0.25) is 10.1 Å². The molecule has 0 saturated carbocycles. The Balaban J connectivity index is 1.77. The highest BCUT2D eigenvalue weighted by Crippen LogP contribution is 2.09. The van der Waals surface area contributed by atoms with Crippen molar-refractivity contribution in [2.45, 2.75) is 25.1 Å². The van der Waals surface area contributed by atoms with Crippen molar-refractivity contribution in [3.05, 3.63) is 35.9 Å². The van der Waals surface area contributed by atoms with Crippen LogP contribution in [-0.4, -0.2) is 25.2 Å². The van der Waals surface area contributed by atoms with E-state index in [1.165, 1.54) is 5.56 Å². The van der Waals surface area contributed by atoms with Crippen LogP contribution >= 0.6 is 0 Å². The van der Waals surface area contributed by atoms with Crippen molar-refractivity contribution in [3.63, 3.8) is 0 Å². The Morgan fingerprint density at radius 2 is 2.20 bits per heavy atom. The van der Waals surface area contributed by atoms with Crippen molar-refractivity contribution in [1.29, 1.82) is 0 Å². The fourth-order valence-electron chi connectivity index (χ4n) is 1.78. The lowest BCUT2D eigenvalue weighted by Gasteiger charge is -2.08. The molecule has 15 heavy (non-hydrogen) atoms. The summed E-state index contributed by atoms with van der Waals surface area (Å²) in [5.41, 5.74) is 1.33. The summed E-state index contributed by atoms with van der Waals surface area (Å²) in [6.45, 7) is 0.635. The predicted octanol–water partition coefficient (Wildman–Crippen LogP) is 1.13. The summed E-state index contributed by atoms with van der Waals surface area (Å²) in [7, 11) is 0. The van der Waals surface area contributed by atoms with Crippen molar-refractivity contribution in [2.75, 3.05) is 6.61 Å². The Morgan fingerprint density at radius 3 is 2.87 bits per heavy atom. The Kier molecular flexibility index (Phi) is 3.48. The maximum absolute atomic E-state index is 10.4. The van der Waals surface area contributed by atoms with Crippen LogP contribution in [0.2, 0.25) is 0 Å². The predicted molar refractivity (Wildman–Crippen MR) is 57.5 cm³/mol. The highest BCUT2D eigenvalue weighted by molar-refractivity contribution is 5.55. The molecule has 0 spiro atoms. The zero-order valence-corrected chi connectivity index (χ0v) is 8.56. The van der Waals surface area contributed by atoms with E-state index in [4.69, 9.17) is 4.74 Å². The third kappa shape index (κ3) is 2.88. The molecule has 2 unspecified atom stereocenters. The monoisotopic (exact) mass is 205 g/mol. The van der Waals surface area contributed by atoms with Crippen LogP contribution in [-0.2, 0) is 16.0 Å². The third-order valence-corrected chi connectivity index (χ3v) is 2.62. The van der Waals surface area contributed by atoms with E-state index in [2.05, 4.69) is 17.4 Å². The molecule has 0 amide bonds. The minimum Gasteiger partial charge on any atom is -0.355 e. The summed E-state index contributed by atoms with van der Waals surface area (Å²) in [6.07, 6.45) is 2.44. The minimum absolute atomic E-state index is 0.306. The minimum atomic E-state index is -0.397. The molecular formula is C12H15NO2. The van der Waals surface area contributed by atoms with Crippen molar-refractivity contribution >= 4 is 6.29 Å². The van der Waals surface area contributed by atoms with Crippen LogP contribution in [0.1, 0.15) is 12.0 Å². The number of benzene rings is 1. The van der Waals surface area contributed by atoms with Gasteiger partial charge in [-0.2, -0.15) is 0 Å². The van der Waals surface area contributed by atoms with Crippen LogP contribution in [0.15, 0.2) is 30.3 Å². The second kappa shape index (κ2) is 5.05. The molecule has 1 fully saturated rings. The van der Waals surface area contributed by atoms with Gasteiger partial charge in [-0.15, -0.1) is 0 Å². The molecule has 0 aliphatic carbocycles. The molecule has 1 aromatic carbocycles. The lowest BCUT2D eigenvalue weighted by Crippen LogP contribution is -2.31. The van der Waals surface area contributed by atoms with Crippen LogP contribution in [0.4, 0.5) is 0 Å². The van der Waals surface area contributed by atoms with E-state index in [0.717, 1.165) is 19.1 Å². The molecule has 3 nitrogen and oxygen atoms in total. The molecule has 0 bridgehead atoms. The van der Waals surface area contributed by atoms with E-state index >= 15 is 0 Å². The second-order valence-corrected chi connectivity index (χ2v) is 3.78. The molecule has 1 saturated heterocycles. The highest BCUT2D eigenvalue weighted by atomic mass is 16.5. The molecule has 0 aromatic heterocycles. The number of carbonyl (C=O) groups is 1. The van der Waals surface area contributed by atoms with Gasteiger partial charge in [0.2, 0.25) is 0 Å². The van der Waals surface area contributed by atoms with Gasteiger partial charge in [-0.1, -0.05) is 30.3 Å². The Bertz CT molecular complexity index is 313. The molecule has 1 aromatic rings. The molecule has 1 aliphatic rings. The van der Waals surface area contributed by atoms with Gasteiger partial charge in [-0.05, 0) is 18.4 Å². The maximum Gasteiger partial charge on any atom is 0.164 e. The molecule has 1 aliphatic heterocycles. The normalized spacial score (nSPS) is 25.3. The number of ether oxygens (including phenoxy) is 1. The van der Waals surface area contributed by atoms with Crippen molar-refractivity contribution in [3.8, 4) is 0 Å². The highest BCUT2D eigenvalue weighted by Gasteiger charge is 2.22. The second-order valence-electron chi connectivity index (χ2n) is 3.78. The summed E-state index contributed by atoms with van der Waals surface area (Å²) < 4.78 is 5.22. The molecule has 0 radical (unpaired) electrons. The lowest BCUT2D eigenvalue weighted by atomic mass is 10.1. The van der Waals surface area contributed by atoms with E-state index in [1.807, 2.05) is 18.2 Å². The number of hydrogen-bond donors (Lipinski definition) is 1. The third-order valence-electron chi connectivity index (χ3n) is 2.62. The maximum atomic E-state index is 10.4. The van der Waals surface area contributed by atoms with Crippen LogP contribution in [0.5, 0.6) is 0 Å². The average molecular weight is 205 g/mol. The number of carbonyl (C=O) groups excluding carboxylic acids is 1. The van der Waals surface area contributed by atoms with E-state index in [-0.39, 0.29) is 0 Å². The zero-order chi connectivity index (χ0) is 10.5. The number of nitrogens with one attached hydrogen (secondary N) is 1. The first-order chi connectivity index (χ1) is 7.38. The lowest BCUT2D eigenvalue weighted by molar-refractivity contribution is -0.116. The van der Waals surface area contributed by atoms with E-state index in [0.29, 0.717) is 12.6 Å². The summed E-state index contributed by atoms with van der Waals surface area (Å²) in [4.78, 5) is 10.4. The molecule has 80 valence electrons. The van der Waals surface area contributed by atoms with Gasteiger partial charge in [-0.25, -0.2) is 0 Å². The zero-order valence-electron chi connectivity index (χ0n) is 8.56. The smallest absolute Gasteiger partial charge is 0.164 e. The Labute approximate surface area is 89.4 Å². The van der Waals surface area contributed by atoms with E-state index < -0.39 is 6.23 Å². The summed E-state index contributed by atoms with van der Waals surface area (Å²) in [5, 5.41) is 3.12. The van der Waals surface area contributed by atoms with Gasteiger partial charge in [0.05, 0.1) is 6.61 Å². The molecule has 1 heterocycles. The SMILES string of the molecule is O=CC1NC(CCc2ccccc2)CO1. The van der Waals surface area contributed by atoms with Crippen LogP contribution in [0, 0.1) is 0 Å². The number of aldehydes is 1. The molecule has 2 atom stereocenters. The molecule has 2 rings (SSSR count). The van der Waals surface area contributed by atoms with E-state index in [1.54, 1.807) is 0 Å². The first kappa shape index (κ1) is 10.3. The topological polar surface area (TPSA) is 38.3 Å².